The van der Waals surface area contributed by atoms with Gasteiger partial charge in [-0.3, -0.25) is 4.79 Å². The van der Waals surface area contributed by atoms with E-state index in [2.05, 4.69) is 17.4 Å². The summed E-state index contributed by atoms with van der Waals surface area (Å²) in [6.45, 7) is 7.31. The Morgan fingerprint density at radius 2 is 1.68 bits per heavy atom. The summed E-state index contributed by atoms with van der Waals surface area (Å²) in [6.07, 6.45) is 0.924. The molecule has 0 radical (unpaired) electrons. The van der Waals surface area contributed by atoms with E-state index in [0.717, 1.165) is 42.4 Å². The van der Waals surface area contributed by atoms with Crippen LogP contribution in [0, 0.1) is 0 Å². The largest absolute Gasteiger partial charge is 0.497 e. The van der Waals surface area contributed by atoms with Gasteiger partial charge in [-0.25, -0.2) is 0 Å². The zero-order chi connectivity index (χ0) is 19.9. The van der Waals surface area contributed by atoms with Crippen LogP contribution in [0.4, 0.5) is 5.69 Å². The smallest absolute Gasteiger partial charge is 0.279 e. The predicted octanol–water partition coefficient (Wildman–Crippen LogP) is 2.07. The third-order valence-corrected chi connectivity index (χ3v) is 4.84. The molecule has 0 bridgehead atoms. The van der Waals surface area contributed by atoms with E-state index >= 15 is 0 Å². The number of fused-ring (bicyclic) bond motifs is 1. The molecule has 0 saturated carbocycles. The van der Waals surface area contributed by atoms with E-state index < -0.39 is 0 Å². The average Bonchev–Trinajstić information content (AvgIpc) is 2.69. The molecule has 28 heavy (non-hydrogen) atoms. The van der Waals surface area contributed by atoms with Crippen LogP contribution in [0.1, 0.15) is 25.0 Å². The molecule has 0 aromatic heterocycles. The van der Waals surface area contributed by atoms with Crippen LogP contribution in [0.25, 0.3) is 0 Å². The predicted molar refractivity (Wildman–Crippen MR) is 109 cm³/mol. The van der Waals surface area contributed by atoms with Gasteiger partial charge in [0.25, 0.3) is 5.91 Å². The number of carbonyl (C=O) groups excluding carboxylic acids is 1. The average molecular weight is 385 g/mol. The molecular formula is C22H29N2O4+. The maximum atomic E-state index is 12.4. The van der Waals surface area contributed by atoms with Crippen molar-refractivity contribution in [1.29, 1.82) is 0 Å². The first-order valence-corrected chi connectivity index (χ1v) is 9.81. The summed E-state index contributed by atoms with van der Waals surface area (Å²) in [4.78, 5) is 13.7. The van der Waals surface area contributed by atoms with Crippen molar-refractivity contribution in [3.63, 3.8) is 0 Å². The number of ether oxygens (including phenoxy) is 3. The lowest BCUT2D eigenvalue weighted by Crippen LogP contribution is -3.12. The van der Waals surface area contributed by atoms with Gasteiger partial charge in [-0.2, -0.15) is 0 Å². The van der Waals surface area contributed by atoms with Crippen molar-refractivity contribution in [2.75, 3.05) is 38.7 Å². The summed E-state index contributed by atoms with van der Waals surface area (Å²) in [5.41, 5.74) is 3.29. The molecule has 0 spiro atoms. The van der Waals surface area contributed by atoms with Crippen molar-refractivity contribution in [2.45, 2.75) is 26.8 Å². The molecule has 1 aliphatic rings. The fraction of sp³-hybridized carbons (Fsp3) is 0.409. The normalized spacial score (nSPS) is 15.5. The van der Waals surface area contributed by atoms with E-state index in [-0.39, 0.29) is 5.91 Å². The topological polar surface area (TPSA) is 61.2 Å². The minimum absolute atomic E-state index is 0.0135. The third kappa shape index (κ3) is 4.95. The molecule has 1 amide bonds. The molecule has 0 saturated heterocycles. The van der Waals surface area contributed by atoms with Gasteiger partial charge in [0.2, 0.25) is 0 Å². The number of rotatable bonds is 8. The summed E-state index contributed by atoms with van der Waals surface area (Å²) in [6, 6.07) is 11.5. The fourth-order valence-electron chi connectivity index (χ4n) is 3.50. The van der Waals surface area contributed by atoms with Crippen molar-refractivity contribution >= 4 is 11.6 Å². The zero-order valence-corrected chi connectivity index (χ0v) is 16.8. The van der Waals surface area contributed by atoms with E-state index in [1.54, 1.807) is 7.11 Å². The van der Waals surface area contributed by atoms with E-state index in [9.17, 15) is 4.79 Å². The number of benzene rings is 2. The molecule has 6 heteroatoms. The van der Waals surface area contributed by atoms with Gasteiger partial charge in [0.15, 0.2) is 18.0 Å². The maximum absolute atomic E-state index is 12.4. The first-order valence-electron chi connectivity index (χ1n) is 9.81. The first kappa shape index (κ1) is 20.0. The van der Waals surface area contributed by atoms with Gasteiger partial charge in [0, 0.05) is 17.7 Å². The Kier molecular flexibility index (Phi) is 6.76. The second-order valence-electron chi connectivity index (χ2n) is 6.81. The minimum Gasteiger partial charge on any atom is -0.497 e. The number of carbonyl (C=O) groups is 1. The van der Waals surface area contributed by atoms with Crippen molar-refractivity contribution < 1.29 is 23.9 Å². The highest BCUT2D eigenvalue weighted by atomic mass is 16.5. The molecule has 1 aliphatic heterocycles. The minimum atomic E-state index is 0.0135. The molecule has 1 unspecified atom stereocenters. The van der Waals surface area contributed by atoms with Crippen LogP contribution >= 0.6 is 0 Å². The van der Waals surface area contributed by atoms with E-state index in [0.29, 0.717) is 19.8 Å². The number of hydrogen-bond donors (Lipinski definition) is 2. The van der Waals surface area contributed by atoms with Crippen LogP contribution in [0.2, 0.25) is 0 Å². The number of nitrogens with one attached hydrogen (secondary N) is 2. The van der Waals surface area contributed by atoms with Crippen LogP contribution in [-0.4, -0.2) is 39.3 Å². The standard InChI is InChI=1S/C22H28N2O4/c1-4-27-20-12-16-10-11-24(14-17(16)13-21(20)28-5-2)15-22(25)23-18-6-8-19(26-3)9-7-18/h6-9,12-13H,4-5,10-11,14-15H2,1-3H3,(H,23,25)/p+1. The molecule has 1 heterocycles. The molecule has 1 atom stereocenters. The molecule has 3 rings (SSSR count). The highest BCUT2D eigenvalue weighted by Crippen LogP contribution is 2.32. The van der Waals surface area contributed by atoms with Crippen LogP contribution in [0.15, 0.2) is 36.4 Å². The number of quaternary nitrogens is 1. The number of hydrogen-bond acceptors (Lipinski definition) is 4. The number of methoxy groups -OCH3 is 1. The van der Waals surface area contributed by atoms with Gasteiger partial charge in [0.1, 0.15) is 12.3 Å². The summed E-state index contributed by atoms with van der Waals surface area (Å²) in [5.74, 6) is 2.38. The molecular weight excluding hydrogens is 356 g/mol. The Hall–Kier alpha value is -2.73. The van der Waals surface area contributed by atoms with Crippen molar-refractivity contribution in [2.24, 2.45) is 0 Å². The molecule has 0 aliphatic carbocycles. The number of anilines is 1. The Bertz CT molecular complexity index is 805. The van der Waals surface area contributed by atoms with Gasteiger partial charge < -0.3 is 24.4 Å². The molecule has 0 fully saturated rings. The fourth-order valence-corrected chi connectivity index (χ4v) is 3.50. The van der Waals surface area contributed by atoms with Crippen LogP contribution in [0.3, 0.4) is 0 Å². The summed E-state index contributed by atoms with van der Waals surface area (Å²) >= 11 is 0. The molecule has 6 nitrogen and oxygen atoms in total. The first-order chi connectivity index (χ1) is 13.6. The van der Waals surface area contributed by atoms with Crippen molar-refractivity contribution in [1.82, 2.24) is 0 Å². The quantitative estimate of drug-likeness (QED) is 0.730. The van der Waals surface area contributed by atoms with E-state index in [1.165, 1.54) is 16.0 Å². The molecule has 2 aromatic carbocycles. The summed E-state index contributed by atoms with van der Waals surface area (Å²) in [7, 11) is 1.62. The highest BCUT2D eigenvalue weighted by Gasteiger charge is 2.24. The lowest BCUT2D eigenvalue weighted by Gasteiger charge is -2.26. The Labute approximate surface area is 166 Å². The zero-order valence-electron chi connectivity index (χ0n) is 16.8. The molecule has 150 valence electrons. The van der Waals surface area contributed by atoms with E-state index in [4.69, 9.17) is 14.2 Å². The second kappa shape index (κ2) is 9.46. The van der Waals surface area contributed by atoms with Crippen molar-refractivity contribution in [3.8, 4) is 17.2 Å². The van der Waals surface area contributed by atoms with Gasteiger partial charge in [0.05, 0.1) is 26.9 Å². The lowest BCUT2D eigenvalue weighted by molar-refractivity contribution is -0.907. The summed E-state index contributed by atoms with van der Waals surface area (Å²) < 4.78 is 16.6. The highest BCUT2D eigenvalue weighted by molar-refractivity contribution is 5.91. The van der Waals surface area contributed by atoms with Crippen LogP contribution in [-0.2, 0) is 17.8 Å². The monoisotopic (exact) mass is 385 g/mol. The Balaban J connectivity index is 1.63. The van der Waals surface area contributed by atoms with Crippen LogP contribution < -0.4 is 24.4 Å². The van der Waals surface area contributed by atoms with Crippen LogP contribution in [0.5, 0.6) is 17.2 Å². The maximum Gasteiger partial charge on any atom is 0.279 e. The van der Waals surface area contributed by atoms with E-state index in [1.807, 2.05) is 38.1 Å². The molecule has 2 N–H and O–H groups in total. The summed E-state index contributed by atoms with van der Waals surface area (Å²) in [5, 5.41) is 2.96. The molecule has 2 aromatic rings. The lowest BCUT2D eigenvalue weighted by atomic mass is 9.98. The van der Waals surface area contributed by atoms with Crippen molar-refractivity contribution in [3.05, 3.63) is 47.5 Å². The Morgan fingerprint density at radius 3 is 2.29 bits per heavy atom. The SMILES string of the molecule is CCOc1cc2c(cc1OCC)C[NH+](CC(=O)Nc1ccc(OC)cc1)CC2. The van der Waals surface area contributed by atoms with Gasteiger partial charge in [-0.05, 0) is 55.8 Å². The second-order valence-corrected chi connectivity index (χ2v) is 6.81. The number of amides is 1. The van der Waals surface area contributed by atoms with Gasteiger partial charge in [-0.15, -0.1) is 0 Å². The Morgan fingerprint density at radius 1 is 1.04 bits per heavy atom. The van der Waals surface area contributed by atoms with Gasteiger partial charge >= 0.3 is 0 Å². The third-order valence-electron chi connectivity index (χ3n) is 4.84. The van der Waals surface area contributed by atoms with Gasteiger partial charge in [-0.1, -0.05) is 0 Å².